The topological polar surface area (TPSA) is 38.3 Å². The Morgan fingerprint density at radius 2 is 1.65 bits per heavy atom. The van der Waals surface area contributed by atoms with Gasteiger partial charge < -0.3 is 10.1 Å². The Bertz CT molecular complexity index is 630. The number of amides is 1. The van der Waals surface area contributed by atoms with Crippen molar-refractivity contribution in [1.82, 2.24) is 0 Å². The van der Waals surface area contributed by atoms with Crippen LogP contribution in [0.5, 0.6) is 5.75 Å². The smallest absolute Gasteiger partial charge is 0.230 e. The maximum absolute atomic E-state index is 12.6. The van der Waals surface area contributed by atoms with E-state index in [9.17, 15) is 4.79 Å². The summed E-state index contributed by atoms with van der Waals surface area (Å²) in [6.07, 6.45) is 0.842. The lowest BCUT2D eigenvalue weighted by molar-refractivity contribution is -0.123. The van der Waals surface area contributed by atoms with Crippen molar-refractivity contribution in [2.75, 3.05) is 5.32 Å². The molecular formula is C20H25NO2. The number of anilines is 1. The molecule has 3 nitrogen and oxygen atoms in total. The van der Waals surface area contributed by atoms with Gasteiger partial charge in [0.05, 0.1) is 6.10 Å². The third-order valence-electron chi connectivity index (χ3n) is 3.59. The summed E-state index contributed by atoms with van der Waals surface area (Å²) in [5, 5.41) is 2.99. The molecule has 0 heterocycles. The molecule has 1 amide bonds. The summed E-state index contributed by atoms with van der Waals surface area (Å²) >= 11 is 0. The Morgan fingerprint density at radius 1 is 1.04 bits per heavy atom. The lowest BCUT2D eigenvalue weighted by Gasteiger charge is -2.24. The Labute approximate surface area is 138 Å². The van der Waals surface area contributed by atoms with Crippen LogP contribution in [-0.2, 0) is 11.2 Å². The minimum absolute atomic E-state index is 0.0129. The van der Waals surface area contributed by atoms with Crippen LogP contribution in [0, 0.1) is 5.41 Å². The molecule has 0 bridgehead atoms. The molecule has 122 valence electrons. The molecule has 3 heteroatoms. The number of rotatable bonds is 6. The van der Waals surface area contributed by atoms with Crippen LogP contribution >= 0.6 is 0 Å². The first-order valence-electron chi connectivity index (χ1n) is 7.99. The van der Waals surface area contributed by atoms with Crippen LogP contribution in [0.15, 0.2) is 54.6 Å². The summed E-state index contributed by atoms with van der Waals surface area (Å²) in [7, 11) is 0. The highest BCUT2D eigenvalue weighted by Gasteiger charge is 2.27. The molecule has 0 aliphatic rings. The summed E-state index contributed by atoms with van der Waals surface area (Å²) in [6, 6.07) is 17.6. The van der Waals surface area contributed by atoms with Gasteiger partial charge in [-0.1, -0.05) is 44.2 Å². The highest BCUT2D eigenvalue weighted by Crippen LogP contribution is 2.25. The van der Waals surface area contributed by atoms with Crippen molar-refractivity contribution in [2.45, 2.75) is 40.2 Å². The SMILES string of the molecule is CC(C)Oc1ccc(NC(=O)C(C)(C)Cc2ccccc2)cc1. The van der Waals surface area contributed by atoms with Crippen molar-refractivity contribution in [2.24, 2.45) is 5.41 Å². The van der Waals surface area contributed by atoms with Crippen molar-refractivity contribution < 1.29 is 9.53 Å². The molecule has 2 rings (SSSR count). The van der Waals surface area contributed by atoms with E-state index in [-0.39, 0.29) is 12.0 Å². The normalized spacial score (nSPS) is 11.3. The first-order chi connectivity index (χ1) is 10.9. The predicted molar refractivity (Wildman–Crippen MR) is 94.8 cm³/mol. The van der Waals surface area contributed by atoms with E-state index < -0.39 is 5.41 Å². The molecule has 1 N–H and O–H groups in total. The predicted octanol–water partition coefficient (Wildman–Crippen LogP) is 4.68. The molecule has 0 aliphatic carbocycles. The third-order valence-corrected chi connectivity index (χ3v) is 3.59. The quantitative estimate of drug-likeness (QED) is 0.841. The molecule has 0 spiro atoms. The highest BCUT2D eigenvalue weighted by molar-refractivity contribution is 5.95. The molecule has 0 radical (unpaired) electrons. The van der Waals surface area contributed by atoms with E-state index in [1.165, 1.54) is 0 Å². The lowest BCUT2D eigenvalue weighted by atomic mass is 9.84. The average Bonchev–Trinajstić information content (AvgIpc) is 2.49. The first-order valence-corrected chi connectivity index (χ1v) is 7.99. The van der Waals surface area contributed by atoms with Gasteiger partial charge in [-0.25, -0.2) is 0 Å². The molecule has 2 aromatic rings. The Morgan fingerprint density at radius 3 is 2.22 bits per heavy atom. The molecule has 2 aromatic carbocycles. The van der Waals surface area contributed by atoms with Gasteiger partial charge in [-0.2, -0.15) is 0 Å². The number of hydrogen-bond acceptors (Lipinski definition) is 2. The summed E-state index contributed by atoms with van der Waals surface area (Å²) in [4.78, 5) is 12.6. The van der Waals surface area contributed by atoms with Gasteiger partial charge >= 0.3 is 0 Å². The second-order valence-corrected chi connectivity index (χ2v) is 6.69. The van der Waals surface area contributed by atoms with E-state index in [0.29, 0.717) is 6.42 Å². The fourth-order valence-corrected chi connectivity index (χ4v) is 2.38. The summed E-state index contributed by atoms with van der Waals surface area (Å²) in [6.45, 7) is 7.90. The second kappa shape index (κ2) is 7.32. The zero-order valence-corrected chi connectivity index (χ0v) is 14.3. The minimum atomic E-state index is -0.478. The van der Waals surface area contributed by atoms with E-state index in [0.717, 1.165) is 17.0 Å². The summed E-state index contributed by atoms with van der Waals surface area (Å²) in [5.74, 6) is 0.820. The van der Waals surface area contributed by atoms with E-state index in [4.69, 9.17) is 4.74 Å². The van der Waals surface area contributed by atoms with Crippen LogP contribution in [-0.4, -0.2) is 12.0 Å². The van der Waals surface area contributed by atoms with Gasteiger partial charge in [0, 0.05) is 11.1 Å². The maximum atomic E-state index is 12.6. The standard InChI is InChI=1S/C20H25NO2/c1-15(2)23-18-12-10-17(11-13-18)21-19(22)20(3,4)14-16-8-6-5-7-9-16/h5-13,15H,14H2,1-4H3,(H,21,22). The number of benzene rings is 2. The molecular weight excluding hydrogens is 286 g/mol. The van der Waals surface area contributed by atoms with Crippen LogP contribution in [0.25, 0.3) is 0 Å². The Balaban J connectivity index is 2.00. The monoisotopic (exact) mass is 311 g/mol. The van der Waals surface area contributed by atoms with Crippen LogP contribution in [0.1, 0.15) is 33.3 Å². The van der Waals surface area contributed by atoms with Crippen LogP contribution in [0.2, 0.25) is 0 Å². The zero-order valence-electron chi connectivity index (χ0n) is 14.3. The van der Waals surface area contributed by atoms with Crippen molar-refractivity contribution in [3.8, 4) is 5.75 Å². The molecule has 0 saturated carbocycles. The van der Waals surface area contributed by atoms with Gasteiger partial charge in [-0.05, 0) is 50.1 Å². The summed E-state index contributed by atoms with van der Waals surface area (Å²) < 4.78 is 5.61. The Kier molecular flexibility index (Phi) is 5.43. The van der Waals surface area contributed by atoms with E-state index in [1.807, 2.05) is 82.3 Å². The maximum Gasteiger partial charge on any atom is 0.230 e. The molecule has 0 aliphatic heterocycles. The third kappa shape index (κ3) is 5.13. The van der Waals surface area contributed by atoms with Gasteiger partial charge in [0.25, 0.3) is 0 Å². The average molecular weight is 311 g/mol. The van der Waals surface area contributed by atoms with Gasteiger partial charge in [0.2, 0.25) is 5.91 Å². The fourth-order valence-electron chi connectivity index (χ4n) is 2.38. The number of carbonyl (C=O) groups is 1. The number of hydrogen-bond donors (Lipinski definition) is 1. The van der Waals surface area contributed by atoms with Gasteiger partial charge in [-0.15, -0.1) is 0 Å². The van der Waals surface area contributed by atoms with E-state index in [2.05, 4.69) is 5.32 Å². The summed E-state index contributed by atoms with van der Waals surface area (Å²) in [5.41, 5.74) is 1.47. The van der Waals surface area contributed by atoms with Gasteiger partial charge in [0.1, 0.15) is 5.75 Å². The highest BCUT2D eigenvalue weighted by atomic mass is 16.5. The van der Waals surface area contributed by atoms with Gasteiger partial charge in [-0.3, -0.25) is 4.79 Å². The van der Waals surface area contributed by atoms with Crippen molar-refractivity contribution in [3.63, 3.8) is 0 Å². The van der Waals surface area contributed by atoms with Gasteiger partial charge in [0.15, 0.2) is 0 Å². The zero-order chi connectivity index (χ0) is 16.9. The van der Waals surface area contributed by atoms with Crippen molar-refractivity contribution in [3.05, 3.63) is 60.2 Å². The fraction of sp³-hybridized carbons (Fsp3) is 0.350. The number of nitrogens with one attached hydrogen (secondary N) is 1. The van der Waals surface area contributed by atoms with E-state index >= 15 is 0 Å². The van der Waals surface area contributed by atoms with Crippen LogP contribution in [0.4, 0.5) is 5.69 Å². The number of ether oxygens (including phenoxy) is 1. The Hall–Kier alpha value is -2.29. The van der Waals surface area contributed by atoms with E-state index in [1.54, 1.807) is 0 Å². The number of carbonyl (C=O) groups excluding carboxylic acids is 1. The van der Waals surface area contributed by atoms with Crippen LogP contribution < -0.4 is 10.1 Å². The second-order valence-electron chi connectivity index (χ2n) is 6.69. The molecule has 0 atom stereocenters. The molecule has 0 saturated heterocycles. The molecule has 0 unspecified atom stereocenters. The molecule has 0 fully saturated rings. The largest absolute Gasteiger partial charge is 0.491 e. The first kappa shape index (κ1) is 17.1. The van der Waals surface area contributed by atoms with Crippen LogP contribution in [0.3, 0.4) is 0 Å². The molecule has 0 aromatic heterocycles. The lowest BCUT2D eigenvalue weighted by Crippen LogP contribution is -2.32. The minimum Gasteiger partial charge on any atom is -0.491 e. The van der Waals surface area contributed by atoms with Crippen molar-refractivity contribution >= 4 is 11.6 Å². The molecule has 23 heavy (non-hydrogen) atoms. The van der Waals surface area contributed by atoms with Crippen molar-refractivity contribution in [1.29, 1.82) is 0 Å².